The van der Waals surface area contributed by atoms with E-state index in [1.54, 1.807) is 0 Å². The van der Waals surface area contributed by atoms with Crippen LogP contribution in [-0.2, 0) is 16.2 Å². The molecule has 0 aliphatic carbocycles. The highest BCUT2D eigenvalue weighted by Gasteiger charge is 2.47. The number of aryl methyl sites for hydroxylation is 4. The quantitative estimate of drug-likeness (QED) is 0.166. The molecule has 4 heterocycles. The number of thiophene rings is 1. The Bertz CT molecular complexity index is 2670. The Morgan fingerprint density at radius 3 is 1.56 bits per heavy atom. The lowest BCUT2D eigenvalue weighted by molar-refractivity contribution is 0.172. The molecule has 3 aliphatic rings. The number of hydrogen-bond donors (Lipinski definition) is 0. The van der Waals surface area contributed by atoms with E-state index in [4.69, 9.17) is 9.47 Å². The maximum Gasteiger partial charge on any atom is 0.254 e. The first-order chi connectivity index (χ1) is 27.6. The second kappa shape index (κ2) is 13.4. The number of rotatable bonds is 3. The van der Waals surface area contributed by atoms with Crippen molar-refractivity contribution in [3.63, 3.8) is 0 Å². The average molecular weight is 801 g/mol. The maximum atomic E-state index is 6.44. The zero-order valence-electron chi connectivity index (χ0n) is 38.0. The summed E-state index contributed by atoms with van der Waals surface area (Å²) in [5.41, 5.74) is 20.8. The van der Waals surface area contributed by atoms with Crippen LogP contribution < -0.4 is 35.7 Å². The Morgan fingerprint density at radius 2 is 1.05 bits per heavy atom. The summed E-state index contributed by atoms with van der Waals surface area (Å²) in [6, 6.07) is 26.6. The first-order valence-electron chi connectivity index (χ1n) is 21.7. The van der Waals surface area contributed by atoms with Gasteiger partial charge in [-0.15, -0.1) is 11.3 Å². The molecular weight excluding hydrogens is 739 g/mol. The Kier molecular flexibility index (Phi) is 9.04. The average Bonchev–Trinajstić information content (AvgIpc) is 3.52. The van der Waals surface area contributed by atoms with E-state index >= 15 is 0 Å². The SMILES string of the molecule is Cc1cc(C(C)(C)C)cc(C)c1N1c2cc3c(cc2B2c4c1cc(C(C)C)cc4N(c1c(C)cc(C(C)(C)C)cc1C)c1sc4ccc(C(C)(C)C)cc4c12)OCCO3. The molecule has 0 radical (unpaired) electrons. The number of anilines is 6. The van der Waals surface area contributed by atoms with Crippen molar-refractivity contribution in [3.05, 3.63) is 111 Å². The van der Waals surface area contributed by atoms with Crippen LogP contribution in [0.4, 0.5) is 33.4 Å². The normalized spacial score (nSPS) is 14.9. The van der Waals surface area contributed by atoms with Crippen LogP contribution in [0.2, 0.25) is 0 Å². The zero-order valence-corrected chi connectivity index (χ0v) is 38.9. The summed E-state index contributed by atoms with van der Waals surface area (Å²) >= 11 is 1.94. The number of fused-ring (bicyclic) bond motifs is 7. The standard InChI is InChI=1S/C53H61BN2O2S/c1-29(2)34-24-41-47-42(25-34)56(49-32(5)22-37(23-33(49)6)53(13,14)15)50-46(38-26-35(51(7,8)9)16-17-45(38)59-50)54(47)39-27-43-44(58-19-18-57-43)28-40(39)55(41)48-30(3)20-36(21-31(48)4)52(10,11)12/h16-17,20-29H,18-19H2,1-15H3. The van der Waals surface area contributed by atoms with Gasteiger partial charge in [-0.05, 0) is 140 Å². The molecule has 304 valence electrons. The van der Waals surface area contributed by atoms with E-state index in [-0.39, 0.29) is 23.0 Å². The molecule has 0 saturated heterocycles. The van der Waals surface area contributed by atoms with Crippen LogP contribution >= 0.6 is 11.3 Å². The van der Waals surface area contributed by atoms with Gasteiger partial charge < -0.3 is 19.3 Å². The van der Waals surface area contributed by atoms with Gasteiger partial charge in [-0.3, -0.25) is 0 Å². The van der Waals surface area contributed by atoms with Crippen LogP contribution in [0, 0.1) is 27.7 Å². The van der Waals surface area contributed by atoms with Crippen LogP contribution in [0.3, 0.4) is 0 Å². The van der Waals surface area contributed by atoms with Crippen molar-refractivity contribution in [2.75, 3.05) is 23.0 Å². The third-order valence-corrected chi connectivity index (χ3v) is 14.2. The smallest absolute Gasteiger partial charge is 0.254 e. The van der Waals surface area contributed by atoms with Gasteiger partial charge in [0, 0.05) is 27.8 Å². The lowest BCUT2D eigenvalue weighted by atomic mass is 9.33. The molecule has 6 heteroatoms. The molecular formula is C53H61BN2O2S. The molecule has 0 spiro atoms. The predicted molar refractivity (Wildman–Crippen MR) is 256 cm³/mol. The zero-order chi connectivity index (χ0) is 42.2. The molecule has 59 heavy (non-hydrogen) atoms. The second-order valence-electron chi connectivity index (χ2n) is 21.0. The molecule has 6 aromatic rings. The van der Waals surface area contributed by atoms with Crippen LogP contribution in [0.25, 0.3) is 10.1 Å². The molecule has 0 unspecified atom stereocenters. The Morgan fingerprint density at radius 1 is 0.559 bits per heavy atom. The van der Waals surface area contributed by atoms with E-state index in [9.17, 15) is 0 Å². The van der Waals surface area contributed by atoms with Crippen molar-refractivity contribution in [3.8, 4) is 11.5 Å². The summed E-state index contributed by atoms with van der Waals surface area (Å²) in [4.78, 5) is 5.26. The molecule has 0 atom stereocenters. The van der Waals surface area contributed by atoms with Gasteiger partial charge in [0.2, 0.25) is 0 Å². The first-order valence-corrected chi connectivity index (χ1v) is 22.5. The molecule has 1 aromatic heterocycles. The van der Waals surface area contributed by atoms with Crippen LogP contribution in [0.15, 0.2) is 66.7 Å². The predicted octanol–water partition coefficient (Wildman–Crippen LogP) is 13.0. The molecule has 0 fully saturated rings. The van der Waals surface area contributed by atoms with E-state index in [1.165, 1.54) is 104 Å². The molecule has 0 bridgehead atoms. The summed E-state index contributed by atoms with van der Waals surface area (Å²) < 4.78 is 14.2. The van der Waals surface area contributed by atoms with Gasteiger partial charge in [0.25, 0.3) is 6.71 Å². The fourth-order valence-electron chi connectivity index (χ4n) is 9.82. The molecule has 0 saturated carbocycles. The van der Waals surface area contributed by atoms with Crippen molar-refractivity contribution < 1.29 is 9.47 Å². The number of benzene rings is 5. The van der Waals surface area contributed by atoms with E-state index in [1.807, 2.05) is 11.3 Å². The summed E-state index contributed by atoms with van der Waals surface area (Å²) in [7, 11) is 0. The largest absolute Gasteiger partial charge is 0.486 e. The number of hydrogen-bond acceptors (Lipinski definition) is 5. The maximum absolute atomic E-state index is 6.44. The minimum atomic E-state index is -0.0255. The number of nitrogens with zero attached hydrogens (tertiary/aromatic N) is 2. The van der Waals surface area contributed by atoms with E-state index in [0.717, 1.165) is 11.5 Å². The van der Waals surface area contributed by atoms with Crippen molar-refractivity contribution in [1.29, 1.82) is 0 Å². The van der Waals surface area contributed by atoms with Crippen molar-refractivity contribution >= 4 is 78.0 Å². The highest BCUT2D eigenvalue weighted by molar-refractivity contribution is 7.26. The molecule has 9 rings (SSSR count). The molecule has 3 aliphatic heterocycles. The highest BCUT2D eigenvalue weighted by Crippen LogP contribution is 2.52. The summed E-state index contributed by atoms with van der Waals surface area (Å²) in [6.07, 6.45) is 0. The summed E-state index contributed by atoms with van der Waals surface area (Å²) in [5, 5.41) is 2.65. The van der Waals surface area contributed by atoms with Gasteiger partial charge in [-0.25, -0.2) is 0 Å². The van der Waals surface area contributed by atoms with Gasteiger partial charge in [-0.2, -0.15) is 0 Å². The van der Waals surface area contributed by atoms with Crippen LogP contribution in [-0.4, -0.2) is 19.9 Å². The fourth-order valence-corrected chi connectivity index (χ4v) is 11.1. The van der Waals surface area contributed by atoms with Crippen LogP contribution in [0.1, 0.15) is 127 Å². The number of ether oxygens (including phenoxy) is 2. The lowest BCUT2D eigenvalue weighted by Crippen LogP contribution is -2.61. The minimum Gasteiger partial charge on any atom is -0.486 e. The first kappa shape index (κ1) is 39.8. The van der Waals surface area contributed by atoms with Gasteiger partial charge in [0.1, 0.15) is 13.2 Å². The Hall–Kier alpha value is -4.68. The van der Waals surface area contributed by atoms with E-state index in [0.29, 0.717) is 19.1 Å². The van der Waals surface area contributed by atoms with Crippen molar-refractivity contribution in [2.24, 2.45) is 0 Å². The van der Waals surface area contributed by atoms with Gasteiger partial charge in [-0.1, -0.05) is 113 Å². The third-order valence-electron chi connectivity index (χ3n) is 13.1. The highest BCUT2D eigenvalue weighted by atomic mass is 32.1. The Balaban J connectivity index is 1.46. The Labute approximate surface area is 357 Å². The lowest BCUT2D eigenvalue weighted by Gasteiger charge is -2.45. The van der Waals surface area contributed by atoms with E-state index < -0.39 is 0 Å². The van der Waals surface area contributed by atoms with Crippen molar-refractivity contribution in [1.82, 2.24) is 0 Å². The second-order valence-corrected chi connectivity index (χ2v) is 22.0. The van der Waals surface area contributed by atoms with Gasteiger partial charge in [0.15, 0.2) is 11.5 Å². The third kappa shape index (κ3) is 6.30. The summed E-state index contributed by atoms with van der Waals surface area (Å²) in [5.74, 6) is 1.96. The van der Waals surface area contributed by atoms with Gasteiger partial charge >= 0.3 is 0 Å². The molecule has 5 aromatic carbocycles. The topological polar surface area (TPSA) is 24.9 Å². The van der Waals surface area contributed by atoms with Crippen molar-refractivity contribution in [2.45, 2.75) is 126 Å². The molecule has 0 amide bonds. The minimum absolute atomic E-state index is 0.00234. The summed E-state index contributed by atoms with van der Waals surface area (Å²) in [6.45, 7) is 35.9. The van der Waals surface area contributed by atoms with E-state index in [2.05, 4.69) is 180 Å². The monoisotopic (exact) mass is 800 g/mol. The molecule has 4 nitrogen and oxygen atoms in total. The van der Waals surface area contributed by atoms with Gasteiger partial charge in [0.05, 0.1) is 16.4 Å². The molecule has 0 N–H and O–H groups in total. The fraction of sp³-hybridized carbons (Fsp3) is 0.396. The van der Waals surface area contributed by atoms with Crippen LogP contribution in [0.5, 0.6) is 11.5 Å².